The summed E-state index contributed by atoms with van der Waals surface area (Å²) in [6.45, 7) is 9.38. The zero-order valence-electron chi connectivity index (χ0n) is 18.8. The van der Waals surface area contributed by atoms with Crippen LogP contribution in [0.2, 0.25) is 0 Å². The van der Waals surface area contributed by atoms with E-state index in [0.717, 1.165) is 18.8 Å². The number of furan rings is 1. The summed E-state index contributed by atoms with van der Waals surface area (Å²) in [7, 11) is 1.75. The molecule has 2 fully saturated rings. The molecule has 31 heavy (non-hydrogen) atoms. The van der Waals surface area contributed by atoms with Crippen molar-refractivity contribution in [3.63, 3.8) is 0 Å². The van der Waals surface area contributed by atoms with Gasteiger partial charge in [-0.3, -0.25) is 9.79 Å². The predicted octanol–water partition coefficient (Wildman–Crippen LogP) is 2.63. The molecule has 0 aromatic carbocycles. The van der Waals surface area contributed by atoms with Crippen molar-refractivity contribution in [2.45, 2.75) is 45.3 Å². The topological polar surface area (TPSA) is 90.6 Å². The van der Waals surface area contributed by atoms with Crippen molar-refractivity contribution in [3.8, 4) is 0 Å². The van der Waals surface area contributed by atoms with Crippen LogP contribution >= 0.6 is 24.0 Å². The Balaban J connectivity index is 0.00000341. The Kier molecular flexibility index (Phi) is 9.01. The molecule has 0 unspecified atom stereocenters. The molecule has 10 heteroatoms. The number of amides is 2. The smallest absolute Gasteiger partial charge is 0.410 e. The van der Waals surface area contributed by atoms with Crippen LogP contribution in [0.5, 0.6) is 0 Å². The van der Waals surface area contributed by atoms with Crippen molar-refractivity contribution in [1.29, 1.82) is 0 Å². The van der Waals surface area contributed by atoms with Gasteiger partial charge in [-0.15, -0.1) is 24.0 Å². The van der Waals surface area contributed by atoms with Crippen LogP contribution in [0.1, 0.15) is 44.2 Å². The Bertz CT molecular complexity index is 750. The fourth-order valence-corrected chi connectivity index (χ4v) is 3.43. The van der Waals surface area contributed by atoms with Crippen LogP contribution in [0.15, 0.2) is 27.8 Å². The molecule has 0 atom stereocenters. The minimum Gasteiger partial charge on any atom is -0.459 e. The monoisotopic (exact) mass is 547 g/mol. The van der Waals surface area contributed by atoms with Gasteiger partial charge in [0.15, 0.2) is 11.7 Å². The van der Waals surface area contributed by atoms with Crippen LogP contribution in [0.4, 0.5) is 4.79 Å². The predicted molar refractivity (Wildman–Crippen MR) is 129 cm³/mol. The Labute approximate surface area is 201 Å². The lowest BCUT2D eigenvalue weighted by Crippen LogP contribution is -2.54. The Morgan fingerprint density at radius 2 is 1.87 bits per heavy atom. The molecule has 0 spiro atoms. The third kappa shape index (κ3) is 7.29. The Morgan fingerprint density at radius 3 is 2.39 bits per heavy atom. The second-order valence-corrected chi connectivity index (χ2v) is 8.64. The summed E-state index contributed by atoms with van der Waals surface area (Å²) in [5, 5.41) is 3.35. The fourth-order valence-electron chi connectivity index (χ4n) is 3.43. The number of hydrogen-bond acceptors (Lipinski definition) is 5. The number of rotatable bonds is 5. The van der Waals surface area contributed by atoms with E-state index in [4.69, 9.17) is 9.15 Å². The summed E-state index contributed by atoms with van der Waals surface area (Å²) < 4.78 is 10.7. The molecular weight excluding hydrogens is 513 g/mol. The molecular formula is C21H34IN5O4. The standard InChI is InChI=1S/C21H33N5O4.HI/c1-21(2,3)30-20(28)26(16-7-8-16)10-9-23-19(22-4)25-13-11-24(12-14-25)18(27)17-6-5-15-29-17;/h5-6,15-16H,7-14H2,1-4H3,(H,22,23);1H. The van der Waals surface area contributed by atoms with Crippen molar-refractivity contribution in [2.75, 3.05) is 46.3 Å². The molecule has 0 radical (unpaired) electrons. The van der Waals surface area contributed by atoms with Gasteiger partial charge in [0.25, 0.3) is 5.91 Å². The number of ether oxygens (including phenoxy) is 1. The molecule has 1 aromatic rings. The van der Waals surface area contributed by atoms with Gasteiger partial charge >= 0.3 is 6.09 Å². The van der Waals surface area contributed by atoms with E-state index in [1.54, 1.807) is 24.1 Å². The van der Waals surface area contributed by atoms with E-state index in [2.05, 4.69) is 15.2 Å². The molecule has 1 aliphatic carbocycles. The van der Waals surface area contributed by atoms with Crippen molar-refractivity contribution in [3.05, 3.63) is 24.2 Å². The van der Waals surface area contributed by atoms with E-state index in [9.17, 15) is 9.59 Å². The van der Waals surface area contributed by atoms with Gasteiger partial charge in [-0.2, -0.15) is 0 Å². The first-order valence-corrected chi connectivity index (χ1v) is 10.6. The van der Waals surface area contributed by atoms with E-state index in [0.29, 0.717) is 45.0 Å². The summed E-state index contributed by atoms with van der Waals surface area (Å²) in [6, 6.07) is 3.68. The highest BCUT2D eigenvalue weighted by atomic mass is 127. The average Bonchev–Trinajstić information content (AvgIpc) is 3.38. The molecule has 1 aliphatic heterocycles. The van der Waals surface area contributed by atoms with Crippen molar-refractivity contribution < 1.29 is 18.7 Å². The quantitative estimate of drug-likeness (QED) is 0.347. The number of carbonyl (C=O) groups is 2. The summed E-state index contributed by atoms with van der Waals surface area (Å²) in [6.07, 6.45) is 3.31. The number of piperazine rings is 1. The highest BCUT2D eigenvalue weighted by molar-refractivity contribution is 14.0. The van der Waals surface area contributed by atoms with Gasteiger partial charge in [0.1, 0.15) is 5.60 Å². The van der Waals surface area contributed by atoms with E-state index in [1.165, 1.54) is 6.26 Å². The minimum atomic E-state index is -0.500. The lowest BCUT2D eigenvalue weighted by Gasteiger charge is -2.36. The molecule has 2 aliphatic rings. The number of carbonyl (C=O) groups excluding carboxylic acids is 2. The maximum atomic E-state index is 12.5. The first kappa shape index (κ1) is 25.3. The first-order valence-electron chi connectivity index (χ1n) is 10.6. The molecule has 174 valence electrons. The fraction of sp³-hybridized carbons (Fsp3) is 0.667. The second kappa shape index (κ2) is 11.1. The summed E-state index contributed by atoms with van der Waals surface area (Å²) in [5.41, 5.74) is -0.500. The van der Waals surface area contributed by atoms with Gasteiger partial charge < -0.3 is 29.2 Å². The Hall–Kier alpha value is -1.98. The maximum absolute atomic E-state index is 12.5. The van der Waals surface area contributed by atoms with Crippen molar-refractivity contribution >= 4 is 41.9 Å². The maximum Gasteiger partial charge on any atom is 0.410 e. The molecule has 2 heterocycles. The summed E-state index contributed by atoms with van der Waals surface area (Å²) in [5.74, 6) is 1.06. The minimum absolute atomic E-state index is 0. The molecule has 1 saturated carbocycles. The average molecular weight is 547 g/mol. The van der Waals surface area contributed by atoms with Crippen molar-refractivity contribution in [2.24, 2.45) is 4.99 Å². The SMILES string of the molecule is CN=C(NCCN(C(=O)OC(C)(C)C)C1CC1)N1CCN(C(=O)c2ccco2)CC1.I. The van der Waals surface area contributed by atoms with E-state index in [-0.39, 0.29) is 42.0 Å². The summed E-state index contributed by atoms with van der Waals surface area (Å²) >= 11 is 0. The molecule has 1 aromatic heterocycles. The van der Waals surface area contributed by atoms with Crippen LogP contribution in [-0.2, 0) is 4.74 Å². The number of halogens is 1. The van der Waals surface area contributed by atoms with Crippen molar-refractivity contribution in [1.82, 2.24) is 20.0 Å². The highest BCUT2D eigenvalue weighted by Crippen LogP contribution is 2.28. The molecule has 0 bridgehead atoms. The zero-order valence-corrected chi connectivity index (χ0v) is 21.1. The van der Waals surface area contributed by atoms with Crippen LogP contribution in [-0.4, -0.2) is 90.6 Å². The van der Waals surface area contributed by atoms with Crippen LogP contribution in [0.3, 0.4) is 0 Å². The number of aliphatic imine (C=N–C) groups is 1. The van der Waals surface area contributed by atoms with Gasteiger partial charge in [-0.25, -0.2) is 4.79 Å². The molecule has 3 rings (SSSR count). The third-order valence-electron chi connectivity index (χ3n) is 5.06. The third-order valence-corrected chi connectivity index (χ3v) is 5.06. The molecule has 1 saturated heterocycles. The first-order chi connectivity index (χ1) is 14.3. The second-order valence-electron chi connectivity index (χ2n) is 8.64. The number of nitrogens with one attached hydrogen (secondary N) is 1. The van der Waals surface area contributed by atoms with Crippen LogP contribution in [0, 0.1) is 0 Å². The number of nitrogens with zero attached hydrogens (tertiary/aromatic N) is 4. The lowest BCUT2D eigenvalue weighted by molar-refractivity contribution is 0.0237. The lowest BCUT2D eigenvalue weighted by atomic mass is 10.2. The van der Waals surface area contributed by atoms with Gasteiger partial charge in [-0.05, 0) is 45.7 Å². The normalized spacial score (nSPS) is 17.1. The van der Waals surface area contributed by atoms with Crippen LogP contribution < -0.4 is 5.32 Å². The van der Waals surface area contributed by atoms with E-state index in [1.807, 2.05) is 25.7 Å². The van der Waals surface area contributed by atoms with Gasteiger partial charge in [-0.1, -0.05) is 0 Å². The van der Waals surface area contributed by atoms with E-state index < -0.39 is 5.60 Å². The van der Waals surface area contributed by atoms with Gasteiger partial charge in [0.05, 0.1) is 6.26 Å². The molecule has 1 N–H and O–H groups in total. The molecule has 9 nitrogen and oxygen atoms in total. The van der Waals surface area contributed by atoms with Gasteiger partial charge in [0, 0.05) is 52.4 Å². The highest BCUT2D eigenvalue weighted by Gasteiger charge is 2.35. The van der Waals surface area contributed by atoms with Crippen LogP contribution in [0.25, 0.3) is 0 Å². The molecule has 2 amide bonds. The zero-order chi connectivity index (χ0) is 21.7. The largest absolute Gasteiger partial charge is 0.459 e. The number of hydrogen-bond donors (Lipinski definition) is 1. The Morgan fingerprint density at radius 1 is 1.23 bits per heavy atom. The number of guanidine groups is 1. The van der Waals surface area contributed by atoms with Gasteiger partial charge in [0.2, 0.25) is 0 Å². The summed E-state index contributed by atoms with van der Waals surface area (Å²) in [4.78, 5) is 35.0. The van der Waals surface area contributed by atoms with E-state index >= 15 is 0 Å².